The Hall–Kier alpha value is -0.570. The van der Waals surface area contributed by atoms with E-state index in [0.717, 1.165) is 32.4 Å². The lowest BCUT2D eigenvalue weighted by Gasteiger charge is -2.31. The third-order valence-corrected chi connectivity index (χ3v) is 3.47. The van der Waals surface area contributed by atoms with Gasteiger partial charge in [-0.1, -0.05) is 13.8 Å². The Kier molecular flexibility index (Phi) is 5.26. The topological polar surface area (TPSA) is 32.3 Å². The van der Waals surface area contributed by atoms with Crippen molar-refractivity contribution in [3.8, 4) is 0 Å². The first-order valence-electron chi connectivity index (χ1n) is 6.49. The van der Waals surface area contributed by atoms with Crippen molar-refractivity contribution in [3.05, 3.63) is 0 Å². The van der Waals surface area contributed by atoms with Gasteiger partial charge in [0.1, 0.15) is 0 Å². The molecule has 1 unspecified atom stereocenters. The molecule has 1 rings (SSSR count). The van der Waals surface area contributed by atoms with Crippen molar-refractivity contribution in [1.82, 2.24) is 10.2 Å². The molecule has 0 bridgehead atoms. The zero-order valence-corrected chi connectivity index (χ0v) is 11.1. The van der Waals surface area contributed by atoms with Crippen LogP contribution < -0.4 is 5.32 Å². The summed E-state index contributed by atoms with van der Waals surface area (Å²) < 4.78 is 0. The van der Waals surface area contributed by atoms with Crippen LogP contribution in [0.1, 0.15) is 40.0 Å². The van der Waals surface area contributed by atoms with Crippen LogP contribution in [0.3, 0.4) is 0 Å². The number of hydrogen-bond donors (Lipinski definition) is 1. The van der Waals surface area contributed by atoms with E-state index in [1.165, 1.54) is 0 Å². The number of piperidine rings is 1. The maximum atomic E-state index is 12.2. The summed E-state index contributed by atoms with van der Waals surface area (Å²) in [5, 5.41) is 3.30. The average molecular weight is 226 g/mol. The van der Waals surface area contributed by atoms with Crippen LogP contribution in [0.2, 0.25) is 0 Å². The van der Waals surface area contributed by atoms with Gasteiger partial charge in [0.05, 0.1) is 5.92 Å². The maximum absolute atomic E-state index is 12.2. The molecule has 0 radical (unpaired) electrons. The second-order valence-corrected chi connectivity index (χ2v) is 5.47. The maximum Gasteiger partial charge on any atom is 0.226 e. The van der Waals surface area contributed by atoms with Crippen molar-refractivity contribution in [2.75, 3.05) is 20.1 Å². The first-order valence-corrected chi connectivity index (χ1v) is 6.49. The molecule has 0 aromatic carbocycles. The zero-order chi connectivity index (χ0) is 12.1. The molecule has 2 atom stereocenters. The van der Waals surface area contributed by atoms with Crippen LogP contribution in [0, 0.1) is 11.8 Å². The first kappa shape index (κ1) is 13.5. The van der Waals surface area contributed by atoms with Crippen LogP contribution >= 0.6 is 0 Å². The highest BCUT2D eigenvalue weighted by atomic mass is 16.2. The Morgan fingerprint density at radius 2 is 2.12 bits per heavy atom. The van der Waals surface area contributed by atoms with Crippen LogP contribution in [-0.2, 0) is 4.79 Å². The lowest BCUT2D eigenvalue weighted by atomic mass is 9.96. The molecule has 0 aliphatic carbocycles. The van der Waals surface area contributed by atoms with Crippen molar-refractivity contribution < 1.29 is 4.79 Å². The lowest BCUT2D eigenvalue weighted by Crippen LogP contribution is -2.44. The third-order valence-electron chi connectivity index (χ3n) is 3.47. The van der Waals surface area contributed by atoms with Gasteiger partial charge < -0.3 is 10.2 Å². The molecule has 1 amide bonds. The molecule has 0 aromatic rings. The Balaban J connectivity index is 2.45. The molecule has 1 fully saturated rings. The molecule has 3 heteroatoms. The second kappa shape index (κ2) is 6.24. The SMILES string of the molecule is CC(C)CC(C)N(C)C(=O)[C@H]1CCCNC1. The van der Waals surface area contributed by atoms with Crippen LogP contribution in [0.4, 0.5) is 0 Å². The van der Waals surface area contributed by atoms with Gasteiger partial charge in [0.2, 0.25) is 5.91 Å². The van der Waals surface area contributed by atoms with E-state index in [4.69, 9.17) is 0 Å². The minimum absolute atomic E-state index is 0.202. The summed E-state index contributed by atoms with van der Waals surface area (Å²) in [6, 6.07) is 0.356. The fourth-order valence-electron chi connectivity index (χ4n) is 2.41. The van der Waals surface area contributed by atoms with Crippen molar-refractivity contribution in [2.24, 2.45) is 11.8 Å². The number of carbonyl (C=O) groups excluding carboxylic acids is 1. The molecule has 94 valence electrons. The van der Waals surface area contributed by atoms with E-state index in [1.807, 2.05) is 11.9 Å². The standard InChI is InChI=1S/C13H26N2O/c1-10(2)8-11(3)15(4)13(16)12-6-5-7-14-9-12/h10-12,14H,5-9H2,1-4H3/t11?,12-/m0/s1. The molecular formula is C13H26N2O. The number of nitrogens with one attached hydrogen (secondary N) is 1. The summed E-state index contributed by atoms with van der Waals surface area (Å²) >= 11 is 0. The molecule has 0 aromatic heterocycles. The van der Waals surface area contributed by atoms with E-state index in [0.29, 0.717) is 17.9 Å². The molecule has 1 saturated heterocycles. The largest absolute Gasteiger partial charge is 0.343 e. The molecule has 1 N–H and O–H groups in total. The normalized spacial score (nSPS) is 23.2. The van der Waals surface area contributed by atoms with Crippen molar-refractivity contribution in [3.63, 3.8) is 0 Å². The fraction of sp³-hybridized carbons (Fsp3) is 0.923. The number of nitrogens with zero attached hydrogens (tertiary/aromatic N) is 1. The van der Waals surface area contributed by atoms with E-state index in [-0.39, 0.29) is 5.92 Å². The quantitative estimate of drug-likeness (QED) is 0.794. The Bertz CT molecular complexity index is 222. The molecule has 3 nitrogen and oxygen atoms in total. The first-order chi connectivity index (χ1) is 7.52. The molecule has 16 heavy (non-hydrogen) atoms. The monoisotopic (exact) mass is 226 g/mol. The molecule has 0 saturated carbocycles. The van der Waals surface area contributed by atoms with E-state index in [9.17, 15) is 4.79 Å². The predicted octanol–water partition coefficient (Wildman–Crippen LogP) is 1.88. The number of hydrogen-bond acceptors (Lipinski definition) is 2. The third kappa shape index (κ3) is 3.78. The van der Waals surface area contributed by atoms with Gasteiger partial charge in [0.25, 0.3) is 0 Å². The zero-order valence-electron chi connectivity index (χ0n) is 11.1. The van der Waals surface area contributed by atoms with Gasteiger partial charge in [-0.05, 0) is 38.6 Å². The van der Waals surface area contributed by atoms with Crippen LogP contribution in [0.5, 0.6) is 0 Å². The summed E-state index contributed by atoms with van der Waals surface area (Å²) in [5.41, 5.74) is 0. The molecule has 1 heterocycles. The predicted molar refractivity (Wildman–Crippen MR) is 67.3 cm³/mol. The van der Waals surface area contributed by atoms with Gasteiger partial charge in [-0.15, -0.1) is 0 Å². The van der Waals surface area contributed by atoms with E-state index in [1.54, 1.807) is 0 Å². The van der Waals surface area contributed by atoms with Gasteiger partial charge in [-0.2, -0.15) is 0 Å². The second-order valence-electron chi connectivity index (χ2n) is 5.47. The minimum atomic E-state index is 0.202. The Morgan fingerprint density at radius 3 is 2.62 bits per heavy atom. The van der Waals surface area contributed by atoms with Gasteiger partial charge >= 0.3 is 0 Å². The van der Waals surface area contributed by atoms with Gasteiger partial charge in [-0.3, -0.25) is 4.79 Å². The van der Waals surface area contributed by atoms with Crippen molar-refractivity contribution in [1.29, 1.82) is 0 Å². The number of rotatable bonds is 4. The van der Waals surface area contributed by atoms with Gasteiger partial charge in [0.15, 0.2) is 0 Å². The molecular weight excluding hydrogens is 200 g/mol. The van der Waals surface area contributed by atoms with Gasteiger partial charge in [-0.25, -0.2) is 0 Å². The summed E-state index contributed by atoms with van der Waals surface area (Å²) in [6.07, 6.45) is 3.26. The highest BCUT2D eigenvalue weighted by molar-refractivity contribution is 5.79. The smallest absolute Gasteiger partial charge is 0.226 e. The highest BCUT2D eigenvalue weighted by Gasteiger charge is 2.26. The summed E-state index contributed by atoms with van der Waals surface area (Å²) in [4.78, 5) is 14.1. The summed E-state index contributed by atoms with van der Waals surface area (Å²) in [6.45, 7) is 8.48. The van der Waals surface area contributed by atoms with E-state index >= 15 is 0 Å². The molecule has 0 spiro atoms. The Morgan fingerprint density at radius 1 is 1.44 bits per heavy atom. The lowest BCUT2D eigenvalue weighted by molar-refractivity contribution is -0.136. The van der Waals surface area contributed by atoms with Crippen LogP contribution in [-0.4, -0.2) is 37.0 Å². The minimum Gasteiger partial charge on any atom is -0.343 e. The summed E-state index contributed by atoms with van der Waals surface area (Å²) in [5.74, 6) is 1.17. The van der Waals surface area contributed by atoms with Crippen LogP contribution in [0.15, 0.2) is 0 Å². The van der Waals surface area contributed by atoms with E-state index in [2.05, 4.69) is 26.1 Å². The number of carbonyl (C=O) groups is 1. The Labute approximate surface area is 99.6 Å². The van der Waals surface area contributed by atoms with Crippen molar-refractivity contribution >= 4 is 5.91 Å². The molecule has 1 aliphatic heterocycles. The summed E-state index contributed by atoms with van der Waals surface area (Å²) in [7, 11) is 1.95. The highest BCUT2D eigenvalue weighted by Crippen LogP contribution is 2.16. The van der Waals surface area contributed by atoms with Gasteiger partial charge in [0, 0.05) is 19.6 Å². The van der Waals surface area contributed by atoms with Crippen molar-refractivity contribution in [2.45, 2.75) is 46.1 Å². The number of amides is 1. The average Bonchev–Trinajstić information content (AvgIpc) is 2.27. The molecule has 1 aliphatic rings. The van der Waals surface area contributed by atoms with E-state index < -0.39 is 0 Å². The van der Waals surface area contributed by atoms with Crippen LogP contribution in [0.25, 0.3) is 0 Å². The fourth-order valence-corrected chi connectivity index (χ4v) is 2.41.